The van der Waals surface area contributed by atoms with Gasteiger partial charge in [-0.05, 0) is 25.5 Å². The minimum Gasteiger partial charge on any atom is -0.444 e. The molecule has 0 atom stereocenters. The van der Waals surface area contributed by atoms with Gasteiger partial charge in [-0.25, -0.2) is 4.98 Å². The standard InChI is InChI=1S/C15H20N2O/c1-3-16-11-15-17-10-14(18-15)8-7-13-6-4-5-12(2)9-13/h4-6,9-10,16H,3,7-8,11H2,1-2H3. The monoisotopic (exact) mass is 244 g/mol. The Morgan fingerprint density at radius 1 is 1.28 bits per heavy atom. The van der Waals surface area contributed by atoms with Gasteiger partial charge in [-0.2, -0.15) is 0 Å². The lowest BCUT2D eigenvalue weighted by Crippen LogP contribution is -2.11. The molecule has 0 saturated heterocycles. The van der Waals surface area contributed by atoms with E-state index in [9.17, 15) is 0 Å². The minimum absolute atomic E-state index is 0.709. The molecule has 0 spiro atoms. The van der Waals surface area contributed by atoms with Gasteiger partial charge in [0.1, 0.15) is 5.76 Å². The van der Waals surface area contributed by atoms with Crippen LogP contribution in [0.4, 0.5) is 0 Å². The van der Waals surface area contributed by atoms with Crippen LogP contribution in [0, 0.1) is 6.92 Å². The smallest absolute Gasteiger partial charge is 0.208 e. The maximum absolute atomic E-state index is 5.66. The summed E-state index contributed by atoms with van der Waals surface area (Å²) in [7, 11) is 0. The lowest BCUT2D eigenvalue weighted by Gasteiger charge is -2.00. The number of hydrogen-bond donors (Lipinski definition) is 1. The van der Waals surface area contributed by atoms with Crippen LogP contribution in [0.3, 0.4) is 0 Å². The number of benzene rings is 1. The molecule has 0 saturated carbocycles. The highest BCUT2D eigenvalue weighted by atomic mass is 16.4. The van der Waals surface area contributed by atoms with Crippen molar-refractivity contribution in [3.8, 4) is 0 Å². The van der Waals surface area contributed by atoms with Crippen LogP contribution >= 0.6 is 0 Å². The molecule has 0 aliphatic rings. The van der Waals surface area contributed by atoms with Gasteiger partial charge in [0, 0.05) is 6.42 Å². The van der Waals surface area contributed by atoms with Crippen molar-refractivity contribution in [3.63, 3.8) is 0 Å². The Bertz CT molecular complexity index is 491. The molecule has 1 aromatic carbocycles. The van der Waals surface area contributed by atoms with E-state index in [0.29, 0.717) is 6.54 Å². The summed E-state index contributed by atoms with van der Waals surface area (Å²) in [5, 5.41) is 3.20. The molecule has 0 aliphatic heterocycles. The Hall–Kier alpha value is -1.61. The maximum atomic E-state index is 5.66. The second-order valence-corrected chi connectivity index (χ2v) is 4.49. The SMILES string of the molecule is CCNCc1ncc(CCc2cccc(C)c2)o1. The highest BCUT2D eigenvalue weighted by molar-refractivity contribution is 5.22. The normalized spacial score (nSPS) is 10.8. The fourth-order valence-electron chi connectivity index (χ4n) is 1.91. The molecule has 1 heterocycles. The lowest BCUT2D eigenvalue weighted by atomic mass is 10.1. The fraction of sp³-hybridized carbons (Fsp3) is 0.400. The van der Waals surface area contributed by atoms with Crippen molar-refractivity contribution in [2.24, 2.45) is 0 Å². The van der Waals surface area contributed by atoms with Crippen molar-refractivity contribution in [2.75, 3.05) is 6.54 Å². The molecule has 0 unspecified atom stereocenters. The fourth-order valence-corrected chi connectivity index (χ4v) is 1.91. The molecule has 1 aromatic heterocycles. The van der Waals surface area contributed by atoms with E-state index in [1.807, 2.05) is 6.20 Å². The third-order valence-corrected chi connectivity index (χ3v) is 2.87. The molecule has 2 aromatic rings. The lowest BCUT2D eigenvalue weighted by molar-refractivity contribution is 0.438. The van der Waals surface area contributed by atoms with Crippen LogP contribution in [0.1, 0.15) is 29.7 Å². The highest BCUT2D eigenvalue weighted by Crippen LogP contribution is 2.10. The summed E-state index contributed by atoms with van der Waals surface area (Å²) in [5.41, 5.74) is 2.65. The van der Waals surface area contributed by atoms with Gasteiger partial charge in [0.15, 0.2) is 0 Å². The molecule has 0 fully saturated rings. The molecule has 1 N–H and O–H groups in total. The summed E-state index contributed by atoms with van der Waals surface area (Å²) in [6.45, 7) is 5.83. The molecule has 0 radical (unpaired) electrons. The van der Waals surface area contributed by atoms with Crippen LogP contribution in [0.5, 0.6) is 0 Å². The molecule has 2 rings (SSSR count). The summed E-state index contributed by atoms with van der Waals surface area (Å²) in [4.78, 5) is 4.25. The van der Waals surface area contributed by atoms with Crippen LogP contribution < -0.4 is 5.32 Å². The summed E-state index contributed by atoms with van der Waals surface area (Å²) >= 11 is 0. The molecule has 0 aliphatic carbocycles. The average molecular weight is 244 g/mol. The second kappa shape index (κ2) is 6.36. The topological polar surface area (TPSA) is 38.1 Å². The molecule has 96 valence electrons. The number of oxazole rings is 1. The van der Waals surface area contributed by atoms with Crippen molar-refractivity contribution in [2.45, 2.75) is 33.2 Å². The van der Waals surface area contributed by atoms with Gasteiger partial charge in [0.05, 0.1) is 12.7 Å². The molecule has 0 amide bonds. The quantitative estimate of drug-likeness (QED) is 0.849. The molecular formula is C15H20N2O. The number of aromatic nitrogens is 1. The van der Waals surface area contributed by atoms with E-state index in [1.165, 1.54) is 11.1 Å². The summed E-state index contributed by atoms with van der Waals surface area (Å²) in [5.74, 6) is 1.74. The Morgan fingerprint density at radius 2 is 2.17 bits per heavy atom. The Kier molecular flexibility index (Phi) is 4.53. The first-order valence-electron chi connectivity index (χ1n) is 6.47. The van der Waals surface area contributed by atoms with Crippen molar-refractivity contribution in [3.05, 3.63) is 53.2 Å². The first-order valence-corrected chi connectivity index (χ1v) is 6.47. The Labute approximate surface area is 108 Å². The second-order valence-electron chi connectivity index (χ2n) is 4.49. The van der Waals surface area contributed by atoms with E-state index >= 15 is 0 Å². The van der Waals surface area contributed by atoms with Gasteiger partial charge in [-0.1, -0.05) is 36.8 Å². The predicted octanol–water partition coefficient (Wildman–Crippen LogP) is 2.88. The first kappa shape index (κ1) is 12.8. The zero-order valence-corrected chi connectivity index (χ0v) is 11.1. The zero-order chi connectivity index (χ0) is 12.8. The van der Waals surface area contributed by atoms with E-state index in [0.717, 1.165) is 31.0 Å². The van der Waals surface area contributed by atoms with Gasteiger partial charge in [0.2, 0.25) is 5.89 Å². The van der Waals surface area contributed by atoms with Gasteiger partial charge in [-0.3, -0.25) is 0 Å². The average Bonchev–Trinajstić information content (AvgIpc) is 2.82. The summed E-state index contributed by atoms with van der Waals surface area (Å²) in [6.07, 6.45) is 3.74. The van der Waals surface area contributed by atoms with E-state index in [4.69, 9.17) is 4.42 Å². The van der Waals surface area contributed by atoms with E-state index in [-0.39, 0.29) is 0 Å². The minimum atomic E-state index is 0.709. The van der Waals surface area contributed by atoms with E-state index in [1.54, 1.807) is 0 Å². The largest absolute Gasteiger partial charge is 0.444 e. The van der Waals surface area contributed by atoms with Crippen LogP contribution in [0.25, 0.3) is 0 Å². The van der Waals surface area contributed by atoms with Gasteiger partial charge >= 0.3 is 0 Å². The Morgan fingerprint density at radius 3 is 2.94 bits per heavy atom. The number of rotatable bonds is 6. The predicted molar refractivity (Wildman–Crippen MR) is 72.5 cm³/mol. The molecular weight excluding hydrogens is 224 g/mol. The third kappa shape index (κ3) is 3.70. The zero-order valence-electron chi connectivity index (χ0n) is 11.1. The highest BCUT2D eigenvalue weighted by Gasteiger charge is 2.03. The van der Waals surface area contributed by atoms with Crippen LogP contribution in [0.2, 0.25) is 0 Å². The van der Waals surface area contributed by atoms with Gasteiger partial charge in [0.25, 0.3) is 0 Å². The first-order chi connectivity index (χ1) is 8.78. The Balaban J connectivity index is 1.88. The van der Waals surface area contributed by atoms with E-state index < -0.39 is 0 Å². The van der Waals surface area contributed by atoms with E-state index in [2.05, 4.69) is 48.4 Å². The molecule has 0 bridgehead atoms. The third-order valence-electron chi connectivity index (χ3n) is 2.87. The van der Waals surface area contributed by atoms with Crippen LogP contribution in [0.15, 0.2) is 34.9 Å². The number of nitrogens with one attached hydrogen (secondary N) is 1. The molecule has 18 heavy (non-hydrogen) atoms. The summed E-state index contributed by atoms with van der Waals surface area (Å²) < 4.78 is 5.66. The number of aryl methyl sites for hydroxylation is 3. The van der Waals surface area contributed by atoms with Crippen molar-refractivity contribution >= 4 is 0 Å². The van der Waals surface area contributed by atoms with Crippen molar-refractivity contribution < 1.29 is 4.42 Å². The van der Waals surface area contributed by atoms with Crippen LogP contribution in [-0.4, -0.2) is 11.5 Å². The van der Waals surface area contributed by atoms with Crippen molar-refractivity contribution in [1.82, 2.24) is 10.3 Å². The summed E-state index contributed by atoms with van der Waals surface area (Å²) in [6, 6.07) is 8.59. The number of nitrogens with zero attached hydrogens (tertiary/aromatic N) is 1. The molecule has 3 heteroatoms. The number of hydrogen-bond acceptors (Lipinski definition) is 3. The van der Waals surface area contributed by atoms with Crippen LogP contribution in [-0.2, 0) is 19.4 Å². The molecule has 3 nitrogen and oxygen atoms in total. The van der Waals surface area contributed by atoms with Crippen molar-refractivity contribution in [1.29, 1.82) is 0 Å². The maximum Gasteiger partial charge on any atom is 0.208 e. The van der Waals surface area contributed by atoms with Gasteiger partial charge in [-0.15, -0.1) is 0 Å². The van der Waals surface area contributed by atoms with Gasteiger partial charge < -0.3 is 9.73 Å².